The molecule has 0 spiro atoms. The van der Waals surface area contributed by atoms with E-state index in [4.69, 9.17) is 10.8 Å². The number of carbonyl (C=O) groups is 1. The van der Waals surface area contributed by atoms with Crippen LogP contribution in [-0.4, -0.2) is 17.1 Å². The van der Waals surface area contributed by atoms with Gasteiger partial charge in [0.15, 0.2) is 0 Å². The Morgan fingerprint density at radius 3 is 2.91 bits per heavy atom. The van der Waals surface area contributed by atoms with Gasteiger partial charge in [-0.1, -0.05) is 11.6 Å². The number of rotatable bonds is 1. The molecule has 62 valence electrons. The van der Waals surface area contributed by atoms with E-state index in [0.717, 1.165) is 5.57 Å². The zero-order valence-corrected chi connectivity index (χ0v) is 6.58. The first-order chi connectivity index (χ1) is 5.11. The van der Waals surface area contributed by atoms with Gasteiger partial charge in [-0.2, -0.15) is 0 Å². The van der Waals surface area contributed by atoms with Gasteiger partial charge >= 0.3 is 5.97 Å². The quantitative estimate of drug-likeness (QED) is 0.549. The van der Waals surface area contributed by atoms with Gasteiger partial charge in [-0.3, -0.25) is 4.79 Å². The SMILES string of the molecule is CC1=CC[C@H](N)[C@H](C(=O)O)C1. The molecule has 11 heavy (non-hydrogen) atoms. The fourth-order valence-electron chi connectivity index (χ4n) is 1.35. The fourth-order valence-corrected chi connectivity index (χ4v) is 1.35. The summed E-state index contributed by atoms with van der Waals surface area (Å²) in [5, 5.41) is 8.72. The van der Waals surface area contributed by atoms with Gasteiger partial charge < -0.3 is 10.8 Å². The van der Waals surface area contributed by atoms with Crippen molar-refractivity contribution in [2.45, 2.75) is 25.8 Å². The second-order valence-electron chi connectivity index (χ2n) is 3.10. The maximum atomic E-state index is 10.6. The van der Waals surface area contributed by atoms with Crippen molar-refractivity contribution >= 4 is 5.97 Å². The molecule has 0 amide bonds. The molecule has 0 bridgehead atoms. The number of allylic oxidation sites excluding steroid dienone is 1. The number of carboxylic acids is 1. The van der Waals surface area contributed by atoms with E-state index in [1.54, 1.807) is 0 Å². The maximum Gasteiger partial charge on any atom is 0.308 e. The molecule has 3 heteroatoms. The van der Waals surface area contributed by atoms with E-state index < -0.39 is 5.97 Å². The van der Waals surface area contributed by atoms with Gasteiger partial charge in [0.2, 0.25) is 0 Å². The third-order valence-corrected chi connectivity index (χ3v) is 2.11. The highest BCUT2D eigenvalue weighted by molar-refractivity contribution is 5.71. The van der Waals surface area contributed by atoms with Crippen LogP contribution in [0.3, 0.4) is 0 Å². The average Bonchev–Trinajstić information content (AvgIpc) is 1.94. The van der Waals surface area contributed by atoms with Gasteiger partial charge in [-0.05, 0) is 19.8 Å². The third-order valence-electron chi connectivity index (χ3n) is 2.11. The van der Waals surface area contributed by atoms with Crippen LogP contribution in [0.4, 0.5) is 0 Å². The molecule has 0 aliphatic heterocycles. The van der Waals surface area contributed by atoms with Crippen molar-refractivity contribution < 1.29 is 9.90 Å². The summed E-state index contributed by atoms with van der Waals surface area (Å²) in [6, 6.07) is -0.198. The monoisotopic (exact) mass is 155 g/mol. The molecular formula is C8H13NO2. The van der Waals surface area contributed by atoms with Crippen LogP contribution in [0.5, 0.6) is 0 Å². The zero-order chi connectivity index (χ0) is 8.43. The first-order valence-electron chi connectivity index (χ1n) is 3.75. The number of carboxylic acid groups (broad SMARTS) is 1. The molecule has 1 rings (SSSR count). The lowest BCUT2D eigenvalue weighted by molar-refractivity contribution is -0.142. The van der Waals surface area contributed by atoms with Crippen molar-refractivity contribution in [1.82, 2.24) is 0 Å². The van der Waals surface area contributed by atoms with Crippen molar-refractivity contribution in [3.8, 4) is 0 Å². The Morgan fingerprint density at radius 2 is 2.45 bits per heavy atom. The van der Waals surface area contributed by atoms with Gasteiger partial charge in [0.05, 0.1) is 5.92 Å². The standard InChI is InChI=1S/C8H13NO2/c1-5-2-3-7(9)6(4-5)8(10)11/h2,6-7H,3-4,9H2,1H3,(H,10,11)/t6-,7+/m1/s1. The highest BCUT2D eigenvalue weighted by atomic mass is 16.4. The van der Waals surface area contributed by atoms with E-state index in [-0.39, 0.29) is 12.0 Å². The first-order valence-corrected chi connectivity index (χ1v) is 3.75. The normalized spacial score (nSPS) is 31.3. The van der Waals surface area contributed by atoms with Crippen LogP contribution in [0.25, 0.3) is 0 Å². The lowest BCUT2D eigenvalue weighted by atomic mass is 9.86. The van der Waals surface area contributed by atoms with E-state index in [1.165, 1.54) is 0 Å². The predicted octanol–water partition coefficient (Wildman–Crippen LogP) is 0.755. The van der Waals surface area contributed by atoms with Crippen LogP contribution < -0.4 is 5.73 Å². The average molecular weight is 155 g/mol. The van der Waals surface area contributed by atoms with E-state index in [0.29, 0.717) is 12.8 Å². The Hall–Kier alpha value is -0.830. The van der Waals surface area contributed by atoms with Crippen molar-refractivity contribution in [2.75, 3.05) is 0 Å². The summed E-state index contributed by atoms with van der Waals surface area (Å²) in [6.07, 6.45) is 3.32. The molecule has 1 aliphatic rings. The Bertz CT molecular complexity index is 198. The fraction of sp³-hybridized carbons (Fsp3) is 0.625. The van der Waals surface area contributed by atoms with E-state index >= 15 is 0 Å². The van der Waals surface area contributed by atoms with Crippen LogP contribution in [-0.2, 0) is 4.79 Å². The molecule has 0 aromatic heterocycles. The van der Waals surface area contributed by atoms with Gasteiger partial charge in [-0.25, -0.2) is 0 Å². The lowest BCUT2D eigenvalue weighted by Gasteiger charge is -2.23. The molecule has 0 unspecified atom stereocenters. The molecule has 0 radical (unpaired) electrons. The van der Waals surface area contributed by atoms with Gasteiger partial charge in [-0.15, -0.1) is 0 Å². The molecule has 0 saturated heterocycles. The summed E-state index contributed by atoms with van der Waals surface area (Å²) >= 11 is 0. The van der Waals surface area contributed by atoms with Crippen molar-refractivity contribution in [3.05, 3.63) is 11.6 Å². The maximum absolute atomic E-state index is 10.6. The highest BCUT2D eigenvalue weighted by Crippen LogP contribution is 2.22. The number of aliphatic carboxylic acids is 1. The predicted molar refractivity (Wildman–Crippen MR) is 42.1 cm³/mol. The molecule has 0 aromatic rings. The molecule has 3 nitrogen and oxygen atoms in total. The summed E-state index contributed by atoms with van der Waals surface area (Å²) in [7, 11) is 0. The first kappa shape index (κ1) is 8.27. The van der Waals surface area contributed by atoms with Crippen LogP contribution in [0.1, 0.15) is 19.8 Å². The number of hydrogen-bond donors (Lipinski definition) is 2. The minimum atomic E-state index is -0.773. The second kappa shape index (κ2) is 3.05. The van der Waals surface area contributed by atoms with Gasteiger partial charge in [0, 0.05) is 6.04 Å². The number of hydrogen-bond acceptors (Lipinski definition) is 2. The van der Waals surface area contributed by atoms with E-state index in [1.807, 2.05) is 13.0 Å². The molecule has 1 aliphatic carbocycles. The summed E-state index contributed by atoms with van der Waals surface area (Å²) in [4.78, 5) is 10.6. The van der Waals surface area contributed by atoms with Gasteiger partial charge in [0.1, 0.15) is 0 Å². The van der Waals surface area contributed by atoms with Crippen LogP contribution in [0.15, 0.2) is 11.6 Å². The van der Waals surface area contributed by atoms with Crippen molar-refractivity contribution in [1.29, 1.82) is 0 Å². The molecule has 0 aromatic carbocycles. The minimum Gasteiger partial charge on any atom is -0.481 e. The summed E-state index contributed by atoms with van der Waals surface area (Å²) < 4.78 is 0. The summed E-state index contributed by atoms with van der Waals surface area (Å²) in [5.74, 6) is -1.15. The van der Waals surface area contributed by atoms with Crippen LogP contribution in [0, 0.1) is 5.92 Å². The molecule has 2 atom stereocenters. The summed E-state index contributed by atoms with van der Waals surface area (Å²) in [6.45, 7) is 1.95. The van der Waals surface area contributed by atoms with Crippen molar-refractivity contribution in [2.24, 2.45) is 11.7 Å². The van der Waals surface area contributed by atoms with E-state index in [2.05, 4.69) is 0 Å². The molecule has 0 fully saturated rings. The molecule has 0 heterocycles. The van der Waals surface area contributed by atoms with E-state index in [9.17, 15) is 4.79 Å². The van der Waals surface area contributed by atoms with Gasteiger partial charge in [0.25, 0.3) is 0 Å². The Morgan fingerprint density at radius 1 is 1.82 bits per heavy atom. The topological polar surface area (TPSA) is 63.3 Å². The van der Waals surface area contributed by atoms with Crippen LogP contribution >= 0.6 is 0 Å². The largest absolute Gasteiger partial charge is 0.481 e. The summed E-state index contributed by atoms with van der Waals surface area (Å²) in [5.41, 5.74) is 6.75. The molecule has 3 N–H and O–H groups in total. The Balaban J connectivity index is 2.67. The Kier molecular flexibility index (Phi) is 2.29. The molecular weight excluding hydrogens is 142 g/mol. The number of nitrogens with two attached hydrogens (primary N) is 1. The second-order valence-corrected chi connectivity index (χ2v) is 3.10. The highest BCUT2D eigenvalue weighted by Gasteiger charge is 2.27. The smallest absolute Gasteiger partial charge is 0.308 e. The molecule has 0 saturated carbocycles. The van der Waals surface area contributed by atoms with Crippen LogP contribution in [0.2, 0.25) is 0 Å². The third kappa shape index (κ3) is 1.80. The lowest BCUT2D eigenvalue weighted by Crippen LogP contribution is -2.37. The Labute approximate surface area is 65.9 Å². The zero-order valence-electron chi connectivity index (χ0n) is 6.58. The van der Waals surface area contributed by atoms with Crippen molar-refractivity contribution in [3.63, 3.8) is 0 Å². The minimum absolute atomic E-state index is 0.198.